The van der Waals surface area contributed by atoms with Crippen LogP contribution in [0.15, 0.2) is 12.4 Å². The number of morpholine rings is 1. The van der Waals surface area contributed by atoms with E-state index in [1.165, 1.54) is 5.56 Å². The van der Waals surface area contributed by atoms with Crippen molar-refractivity contribution in [2.24, 2.45) is 0 Å². The molecule has 29 heavy (non-hydrogen) atoms. The molecule has 0 aromatic carbocycles. The van der Waals surface area contributed by atoms with Gasteiger partial charge in [0.15, 0.2) is 0 Å². The summed E-state index contributed by atoms with van der Waals surface area (Å²) >= 11 is 0. The third kappa shape index (κ3) is 3.18. The maximum absolute atomic E-state index is 5.71. The van der Waals surface area contributed by atoms with Gasteiger partial charge in [-0.3, -0.25) is 0 Å². The summed E-state index contributed by atoms with van der Waals surface area (Å²) in [5.41, 5.74) is 8.76. The molecule has 2 aromatic heterocycles. The Morgan fingerprint density at radius 2 is 2.07 bits per heavy atom. The minimum Gasteiger partial charge on any atom is -0.377 e. The second-order valence-electron chi connectivity index (χ2n) is 8.45. The first kappa shape index (κ1) is 18.5. The zero-order valence-corrected chi connectivity index (χ0v) is 17.1. The Bertz CT molecular complexity index is 896. The van der Waals surface area contributed by atoms with Crippen LogP contribution in [-0.4, -0.2) is 70.9 Å². The molecule has 0 amide bonds. The van der Waals surface area contributed by atoms with E-state index in [1.54, 1.807) is 12.4 Å². The summed E-state index contributed by atoms with van der Waals surface area (Å²) in [6.45, 7) is 9.61. The lowest BCUT2D eigenvalue weighted by Crippen LogP contribution is -2.48. The zero-order valence-electron chi connectivity index (χ0n) is 17.1. The van der Waals surface area contributed by atoms with E-state index in [0.717, 1.165) is 62.0 Å². The SMILES string of the molecule is C[C@H]1COCCN1c1nc(-c2cnc(N)nc2)c2c(n1)N([C@]1(C)CCNC1)CC2. The van der Waals surface area contributed by atoms with Crippen LogP contribution in [0.3, 0.4) is 0 Å². The number of hydrogen-bond acceptors (Lipinski definition) is 9. The Morgan fingerprint density at radius 3 is 2.79 bits per heavy atom. The number of nitrogens with one attached hydrogen (secondary N) is 1. The van der Waals surface area contributed by atoms with Gasteiger partial charge in [0.25, 0.3) is 0 Å². The first-order chi connectivity index (χ1) is 14.0. The minimum absolute atomic E-state index is 0.0718. The van der Waals surface area contributed by atoms with Crippen molar-refractivity contribution in [1.29, 1.82) is 0 Å². The molecule has 0 saturated carbocycles. The van der Waals surface area contributed by atoms with Crippen LogP contribution in [0.2, 0.25) is 0 Å². The summed E-state index contributed by atoms with van der Waals surface area (Å²) in [6.07, 6.45) is 5.56. The highest BCUT2D eigenvalue weighted by atomic mass is 16.5. The van der Waals surface area contributed by atoms with E-state index >= 15 is 0 Å². The smallest absolute Gasteiger partial charge is 0.228 e. The van der Waals surface area contributed by atoms with Crippen molar-refractivity contribution in [2.75, 3.05) is 54.9 Å². The number of fused-ring (bicyclic) bond motifs is 1. The molecule has 5 rings (SSSR count). The van der Waals surface area contributed by atoms with Crippen LogP contribution in [0.4, 0.5) is 17.7 Å². The number of nitrogen functional groups attached to an aromatic ring is 1. The Labute approximate surface area is 170 Å². The first-order valence-corrected chi connectivity index (χ1v) is 10.4. The van der Waals surface area contributed by atoms with Crippen molar-refractivity contribution in [2.45, 2.75) is 38.3 Å². The van der Waals surface area contributed by atoms with Gasteiger partial charge >= 0.3 is 0 Å². The molecule has 0 unspecified atom stereocenters. The quantitative estimate of drug-likeness (QED) is 0.781. The summed E-state index contributed by atoms with van der Waals surface area (Å²) in [4.78, 5) is 23.2. The Hall–Kier alpha value is -2.52. The van der Waals surface area contributed by atoms with Crippen molar-refractivity contribution in [1.82, 2.24) is 25.3 Å². The van der Waals surface area contributed by atoms with Crippen LogP contribution in [-0.2, 0) is 11.2 Å². The molecule has 0 radical (unpaired) electrons. The fourth-order valence-corrected chi connectivity index (χ4v) is 4.66. The molecular weight excluding hydrogens is 368 g/mol. The average Bonchev–Trinajstić information content (AvgIpc) is 3.35. The topological polar surface area (TPSA) is 105 Å². The summed E-state index contributed by atoms with van der Waals surface area (Å²) in [7, 11) is 0. The molecule has 3 N–H and O–H groups in total. The van der Waals surface area contributed by atoms with Gasteiger partial charge in [0.2, 0.25) is 11.9 Å². The normalized spacial score (nSPS) is 26.8. The first-order valence-electron chi connectivity index (χ1n) is 10.4. The highest BCUT2D eigenvalue weighted by Gasteiger charge is 2.41. The number of anilines is 3. The van der Waals surface area contributed by atoms with Gasteiger partial charge in [-0.15, -0.1) is 0 Å². The molecule has 2 aromatic rings. The van der Waals surface area contributed by atoms with Crippen molar-refractivity contribution in [3.05, 3.63) is 18.0 Å². The number of nitrogens with zero attached hydrogens (tertiary/aromatic N) is 6. The van der Waals surface area contributed by atoms with Crippen molar-refractivity contribution < 1.29 is 4.74 Å². The van der Waals surface area contributed by atoms with E-state index in [-0.39, 0.29) is 17.5 Å². The van der Waals surface area contributed by atoms with Gasteiger partial charge in [0.1, 0.15) is 5.82 Å². The molecule has 3 aliphatic heterocycles. The Morgan fingerprint density at radius 1 is 1.24 bits per heavy atom. The van der Waals surface area contributed by atoms with Gasteiger partial charge < -0.3 is 25.6 Å². The molecule has 3 aliphatic rings. The van der Waals surface area contributed by atoms with E-state index in [1.807, 2.05) is 0 Å². The molecule has 0 bridgehead atoms. The summed E-state index contributed by atoms with van der Waals surface area (Å²) in [5.74, 6) is 2.08. The molecule has 2 atom stereocenters. The standard InChI is InChI=1S/C20H28N8O/c1-13-11-29-8-7-27(13)19-25-16(14-9-23-18(21)24-10-14)15-3-6-28(17(15)26-19)20(2)4-5-22-12-20/h9-10,13,22H,3-8,11-12H2,1-2H3,(H2,21,23,24)/t13-,20+/m0/s1. The molecule has 2 fully saturated rings. The van der Waals surface area contributed by atoms with E-state index < -0.39 is 0 Å². The van der Waals surface area contributed by atoms with Gasteiger partial charge in [0, 0.05) is 43.2 Å². The maximum atomic E-state index is 5.71. The van der Waals surface area contributed by atoms with Crippen LogP contribution < -0.4 is 20.9 Å². The molecule has 154 valence electrons. The number of nitrogens with two attached hydrogens (primary N) is 1. The van der Waals surface area contributed by atoms with Crippen molar-refractivity contribution in [3.8, 4) is 11.3 Å². The lowest BCUT2D eigenvalue weighted by atomic mass is 9.99. The van der Waals surface area contributed by atoms with Crippen LogP contribution in [0.25, 0.3) is 11.3 Å². The zero-order chi connectivity index (χ0) is 20.0. The highest BCUT2D eigenvalue weighted by molar-refractivity contribution is 5.73. The number of hydrogen-bond donors (Lipinski definition) is 2. The predicted molar refractivity (Wildman–Crippen MR) is 112 cm³/mol. The van der Waals surface area contributed by atoms with Crippen LogP contribution in [0.1, 0.15) is 25.8 Å². The van der Waals surface area contributed by atoms with Gasteiger partial charge in [-0.25, -0.2) is 15.0 Å². The monoisotopic (exact) mass is 396 g/mol. The second-order valence-corrected chi connectivity index (χ2v) is 8.45. The Balaban J connectivity index is 1.64. The van der Waals surface area contributed by atoms with Crippen molar-refractivity contribution >= 4 is 17.7 Å². The molecule has 0 spiro atoms. The van der Waals surface area contributed by atoms with Gasteiger partial charge in [-0.2, -0.15) is 4.98 Å². The van der Waals surface area contributed by atoms with Crippen molar-refractivity contribution in [3.63, 3.8) is 0 Å². The maximum Gasteiger partial charge on any atom is 0.228 e. The third-order valence-electron chi connectivity index (χ3n) is 6.38. The van der Waals surface area contributed by atoms with Crippen LogP contribution >= 0.6 is 0 Å². The number of ether oxygens (including phenoxy) is 1. The summed E-state index contributed by atoms with van der Waals surface area (Å²) < 4.78 is 5.62. The molecule has 5 heterocycles. The number of rotatable bonds is 3. The van der Waals surface area contributed by atoms with E-state index in [9.17, 15) is 0 Å². The fraction of sp³-hybridized carbons (Fsp3) is 0.600. The van der Waals surface area contributed by atoms with Gasteiger partial charge in [-0.1, -0.05) is 0 Å². The van der Waals surface area contributed by atoms with E-state index in [2.05, 4.69) is 38.9 Å². The molecular formula is C20H28N8O. The fourth-order valence-electron chi connectivity index (χ4n) is 4.66. The molecule has 0 aliphatic carbocycles. The second kappa shape index (κ2) is 7.07. The minimum atomic E-state index is 0.0718. The molecule has 9 nitrogen and oxygen atoms in total. The van der Waals surface area contributed by atoms with E-state index in [4.69, 9.17) is 20.4 Å². The highest BCUT2D eigenvalue weighted by Crippen LogP contribution is 2.40. The third-order valence-corrected chi connectivity index (χ3v) is 6.38. The summed E-state index contributed by atoms with van der Waals surface area (Å²) in [5, 5.41) is 3.51. The van der Waals surface area contributed by atoms with E-state index in [0.29, 0.717) is 13.2 Å². The molecule has 9 heteroatoms. The van der Waals surface area contributed by atoms with Crippen LogP contribution in [0.5, 0.6) is 0 Å². The number of aromatic nitrogens is 4. The lowest BCUT2D eigenvalue weighted by molar-refractivity contribution is 0.0981. The summed E-state index contributed by atoms with van der Waals surface area (Å²) in [6, 6.07) is 0.232. The lowest BCUT2D eigenvalue weighted by Gasteiger charge is -2.37. The van der Waals surface area contributed by atoms with Gasteiger partial charge in [0.05, 0.1) is 30.5 Å². The molecule has 2 saturated heterocycles. The average molecular weight is 396 g/mol. The largest absolute Gasteiger partial charge is 0.377 e. The Kier molecular flexibility index (Phi) is 4.51. The predicted octanol–water partition coefficient (Wildman–Crippen LogP) is 0.855. The van der Waals surface area contributed by atoms with Gasteiger partial charge in [-0.05, 0) is 33.2 Å². The van der Waals surface area contributed by atoms with Crippen LogP contribution in [0, 0.1) is 0 Å².